The van der Waals surface area contributed by atoms with Crippen LogP contribution in [-0.2, 0) is 5.60 Å². The molecule has 3 heterocycles. The average molecular weight is 421 g/mol. The van der Waals surface area contributed by atoms with Crippen LogP contribution in [0.1, 0.15) is 18.2 Å². The van der Waals surface area contributed by atoms with Crippen molar-refractivity contribution in [1.82, 2.24) is 19.6 Å². The fourth-order valence-corrected chi connectivity index (χ4v) is 3.36. The molecule has 2 aromatic carbocycles. The van der Waals surface area contributed by atoms with Gasteiger partial charge < -0.3 is 15.3 Å². The summed E-state index contributed by atoms with van der Waals surface area (Å²) in [4.78, 5) is 8.64. The van der Waals surface area contributed by atoms with Crippen LogP contribution < -0.4 is 5.73 Å². The second-order valence-corrected chi connectivity index (χ2v) is 7.46. The largest absolute Gasteiger partial charge is 0.461 e. The Hall–Kier alpha value is -4.41. The summed E-state index contributed by atoms with van der Waals surface area (Å²) < 4.78 is 6.84. The van der Waals surface area contributed by atoms with Crippen molar-refractivity contribution in [2.75, 3.05) is 5.73 Å². The minimum absolute atomic E-state index is 0.189. The van der Waals surface area contributed by atoms with Crippen LogP contribution in [-0.4, -0.2) is 24.7 Å². The molecule has 7 heteroatoms. The first kappa shape index (κ1) is 19.5. The summed E-state index contributed by atoms with van der Waals surface area (Å²) in [6, 6.07) is 21.2. The third kappa shape index (κ3) is 3.71. The summed E-state index contributed by atoms with van der Waals surface area (Å²) in [6.45, 7) is 1.64. The number of furan rings is 1. The van der Waals surface area contributed by atoms with Crippen LogP contribution in [0.3, 0.4) is 0 Å². The fraction of sp³-hybridized carbons (Fsp3) is 0.0800. The Labute approximate surface area is 184 Å². The molecule has 3 aromatic heterocycles. The van der Waals surface area contributed by atoms with Crippen molar-refractivity contribution in [1.29, 1.82) is 0 Å². The fourth-order valence-electron chi connectivity index (χ4n) is 3.36. The van der Waals surface area contributed by atoms with Crippen LogP contribution in [0, 0.1) is 11.8 Å². The van der Waals surface area contributed by atoms with E-state index in [0.717, 1.165) is 11.1 Å². The maximum Gasteiger partial charge on any atom is 0.218 e. The van der Waals surface area contributed by atoms with E-state index in [4.69, 9.17) is 10.2 Å². The minimum atomic E-state index is -1.37. The summed E-state index contributed by atoms with van der Waals surface area (Å²) >= 11 is 0. The van der Waals surface area contributed by atoms with E-state index in [1.54, 1.807) is 31.5 Å². The highest BCUT2D eigenvalue weighted by Gasteiger charge is 2.20. The summed E-state index contributed by atoms with van der Waals surface area (Å²) in [6.07, 6.45) is 3.17. The number of nitrogens with two attached hydrogens (primary N) is 1. The third-order valence-electron chi connectivity index (χ3n) is 5.08. The van der Waals surface area contributed by atoms with E-state index in [2.05, 4.69) is 26.9 Å². The molecule has 5 rings (SSSR count). The maximum absolute atomic E-state index is 10.9. The summed E-state index contributed by atoms with van der Waals surface area (Å²) in [5.74, 6) is 6.91. The second kappa shape index (κ2) is 7.69. The molecule has 0 amide bonds. The molecule has 0 radical (unpaired) electrons. The Balaban J connectivity index is 1.43. The molecule has 1 unspecified atom stereocenters. The lowest BCUT2D eigenvalue weighted by Crippen LogP contribution is -2.18. The standard InChI is InChI=1S/C25H19N5O2/c1-25(31,19-11-9-18(10-12-19)17-6-3-2-4-7-17)14-13-20-16-30-24(22(26)27-20)28-23(29-30)21-8-5-15-32-21/h2-12,15-16,31H,1H3,(H2,26,27). The van der Waals surface area contributed by atoms with Gasteiger partial charge in [-0.25, -0.2) is 14.5 Å². The Kier molecular flexibility index (Phi) is 4.70. The van der Waals surface area contributed by atoms with Crippen LogP contribution in [0.5, 0.6) is 0 Å². The zero-order chi connectivity index (χ0) is 22.1. The normalized spacial score (nSPS) is 12.8. The number of benzene rings is 2. The van der Waals surface area contributed by atoms with Crippen molar-refractivity contribution in [2.45, 2.75) is 12.5 Å². The predicted molar refractivity (Wildman–Crippen MR) is 121 cm³/mol. The summed E-state index contributed by atoms with van der Waals surface area (Å²) in [7, 11) is 0. The molecule has 1 atom stereocenters. The van der Waals surface area contributed by atoms with Crippen LogP contribution in [0.15, 0.2) is 83.6 Å². The van der Waals surface area contributed by atoms with Crippen molar-refractivity contribution < 1.29 is 9.52 Å². The van der Waals surface area contributed by atoms with Gasteiger partial charge in [0.25, 0.3) is 0 Å². The first-order valence-corrected chi connectivity index (χ1v) is 9.98. The van der Waals surface area contributed by atoms with E-state index in [9.17, 15) is 5.11 Å². The van der Waals surface area contributed by atoms with E-state index in [0.29, 0.717) is 28.5 Å². The van der Waals surface area contributed by atoms with Crippen LogP contribution in [0.2, 0.25) is 0 Å². The van der Waals surface area contributed by atoms with Gasteiger partial charge in [-0.2, -0.15) is 0 Å². The van der Waals surface area contributed by atoms with Crippen molar-refractivity contribution in [3.63, 3.8) is 0 Å². The number of nitrogen functional groups attached to an aromatic ring is 1. The molecule has 5 aromatic rings. The molecule has 0 spiro atoms. The van der Waals surface area contributed by atoms with Crippen LogP contribution in [0.4, 0.5) is 5.82 Å². The van der Waals surface area contributed by atoms with Crippen LogP contribution in [0.25, 0.3) is 28.4 Å². The Morgan fingerprint density at radius 3 is 2.44 bits per heavy atom. The highest BCUT2D eigenvalue weighted by molar-refractivity contribution is 5.65. The smallest absolute Gasteiger partial charge is 0.218 e. The molecule has 0 fully saturated rings. The van der Waals surface area contributed by atoms with Crippen molar-refractivity contribution >= 4 is 11.5 Å². The molecule has 0 saturated carbocycles. The molecule has 0 bridgehead atoms. The van der Waals surface area contributed by atoms with Gasteiger partial charge in [0.1, 0.15) is 11.3 Å². The molecule has 0 saturated heterocycles. The number of nitrogens with zero attached hydrogens (tertiary/aromatic N) is 4. The Bertz CT molecular complexity index is 1440. The lowest BCUT2D eigenvalue weighted by molar-refractivity contribution is 0.122. The number of fused-ring (bicyclic) bond motifs is 1. The van der Waals surface area contributed by atoms with Gasteiger partial charge in [0, 0.05) is 0 Å². The van der Waals surface area contributed by atoms with Crippen molar-refractivity contribution in [3.05, 3.63) is 90.4 Å². The zero-order valence-electron chi connectivity index (χ0n) is 17.2. The number of aliphatic hydroxyl groups is 1. The molecule has 32 heavy (non-hydrogen) atoms. The zero-order valence-corrected chi connectivity index (χ0v) is 17.2. The van der Waals surface area contributed by atoms with Gasteiger partial charge in [0.2, 0.25) is 5.82 Å². The van der Waals surface area contributed by atoms with E-state index < -0.39 is 5.60 Å². The molecule has 0 aliphatic carbocycles. The van der Waals surface area contributed by atoms with Crippen molar-refractivity contribution in [2.24, 2.45) is 0 Å². The topological polar surface area (TPSA) is 102 Å². The van der Waals surface area contributed by atoms with Gasteiger partial charge in [0.05, 0.1) is 12.5 Å². The Morgan fingerprint density at radius 1 is 0.969 bits per heavy atom. The van der Waals surface area contributed by atoms with E-state index >= 15 is 0 Å². The first-order chi connectivity index (χ1) is 15.5. The predicted octanol–water partition coefficient (Wildman–Crippen LogP) is 3.89. The monoisotopic (exact) mass is 421 g/mol. The number of aromatic nitrogens is 4. The lowest BCUT2D eigenvalue weighted by atomic mass is 9.94. The van der Waals surface area contributed by atoms with Gasteiger partial charge in [0.15, 0.2) is 17.2 Å². The van der Waals surface area contributed by atoms with E-state index in [-0.39, 0.29) is 5.82 Å². The highest BCUT2D eigenvalue weighted by atomic mass is 16.3. The molecule has 7 nitrogen and oxygen atoms in total. The SMILES string of the molecule is CC(O)(C#Cc1cn2nc(-c3ccco3)nc2c(N)n1)c1ccc(-c2ccccc2)cc1. The molecule has 3 N–H and O–H groups in total. The van der Waals surface area contributed by atoms with Gasteiger partial charge in [-0.15, -0.1) is 5.10 Å². The highest BCUT2D eigenvalue weighted by Crippen LogP contribution is 2.25. The lowest BCUT2D eigenvalue weighted by Gasteiger charge is -2.17. The minimum Gasteiger partial charge on any atom is -0.461 e. The second-order valence-electron chi connectivity index (χ2n) is 7.46. The quantitative estimate of drug-likeness (QED) is 0.429. The average Bonchev–Trinajstić information content (AvgIpc) is 3.49. The summed E-state index contributed by atoms with van der Waals surface area (Å²) in [5, 5.41) is 15.3. The van der Waals surface area contributed by atoms with Gasteiger partial charge in [-0.3, -0.25) is 0 Å². The number of hydrogen-bond acceptors (Lipinski definition) is 6. The van der Waals surface area contributed by atoms with Crippen molar-refractivity contribution in [3.8, 4) is 34.6 Å². The van der Waals surface area contributed by atoms with Gasteiger partial charge in [-0.05, 0) is 41.7 Å². The molecule has 0 aliphatic heterocycles. The first-order valence-electron chi connectivity index (χ1n) is 9.98. The van der Waals surface area contributed by atoms with Gasteiger partial charge in [-0.1, -0.05) is 60.5 Å². The molecule has 156 valence electrons. The maximum atomic E-state index is 10.9. The number of rotatable bonds is 3. The number of anilines is 1. The molecular formula is C25H19N5O2. The Morgan fingerprint density at radius 2 is 1.72 bits per heavy atom. The van der Waals surface area contributed by atoms with Gasteiger partial charge >= 0.3 is 0 Å². The van der Waals surface area contributed by atoms with Crippen LogP contribution >= 0.6 is 0 Å². The number of hydrogen-bond donors (Lipinski definition) is 2. The third-order valence-corrected chi connectivity index (χ3v) is 5.08. The molecular weight excluding hydrogens is 402 g/mol. The summed E-state index contributed by atoms with van der Waals surface area (Å²) in [5.41, 5.74) is 8.31. The van der Waals surface area contributed by atoms with E-state index in [1.807, 2.05) is 54.6 Å². The molecule has 0 aliphatic rings. The van der Waals surface area contributed by atoms with E-state index in [1.165, 1.54) is 4.52 Å².